The fraction of sp³-hybridized carbons (Fsp3) is 0.0952. The summed E-state index contributed by atoms with van der Waals surface area (Å²) >= 11 is 0. The lowest BCUT2D eigenvalue weighted by Crippen LogP contribution is -2.17. The summed E-state index contributed by atoms with van der Waals surface area (Å²) in [6.45, 7) is -0.449. The van der Waals surface area contributed by atoms with Crippen LogP contribution in [0.3, 0.4) is 0 Å². The number of nitrogens with one attached hydrogen (secondary N) is 1. The standard InChI is InChI=1S/C21H16FN3O2/c22-17-10-6-12-23-21(17)16(13-25(26)27)19-15-9-4-5-11-18(15)24-20(19)14-7-2-1-3-8-14/h1-12,16,24H,13H2. The monoisotopic (exact) mass is 361 g/mol. The lowest BCUT2D eigenvalue weighted by atomic mass is 9.90. The summed E-state index contributed by atoms with van der Waals surface area (Å²) in [5.41, 5.74) is 3.24. The maximum Gasteiger partial charge on any atom is 0.216 e. The van der Waals surface area contributed by atoms with E-state index in [1.54, 1.807) is 0 Å². The number of nitrogens with zero attached hydrogens (tertiary/aromatic N) is 2. The number of benzene rings is 2. The fourth-order valence-electron chi connectivity index (χ4n) is 3.48. The maximum atomic E-state index is 14.5. The molecule has 0 saturated heterocycles. The normalized spacial score (nSPS) is 12.2. The third kappa shape index (κ3) is 3.17. The number of H-pyrrole nitrogens is 1. The molecule has 1 unspecified atom stereocenters. The average molecular weight is 361 g/mol. The molecule has 0 saturated carbocycles. The molecule has 0 aliphatic carbocycles. The highest BCUT2D eigenvalue weighted by Gasteiger charge is 2.30. The number of para-hydroxylation sites is 1. The first-order valence-electron chi connectivity index (χ1n) is 8.53. The van der Waals surface area contributed by atoms with Crippen LogP contribution in [-0.4, -0.2) is 21.4 Å². The molecule has 0 amide bonds. The highest BCUT2D eigenvalue weighted by atomic mass is 19.1. The molecule has 2 heterocycles. The van der Waals surface area contributed by atoms with Crippen molar-refractivity contribution in [2.45, 2.75) is 5.92 Å². The number of hydrogen-bond acceptors (Lipinski definition) is 3. The third-order valence-electron chi connectivity index (χ3n) is 4.61. The van der Waals surface area contributed by atoms with Crippen LogP contribution in [0, 0.1) is 15.9 Å². The van der Waals surface area contributed by atoms with E-state index in [9.17, 15) is 14.5 Å². The van der Waals surface area contributed by atoms with Crippen molar-refractivity contribution < 1.29 is 9.31 Å². The van der Waals surface area contributed by atoms with Crippen molar-refractivity contribution in [3.63, 3.8) is 0 Å². The molecular formula is C21H16FN3O2. The zero-order valence-electron chi connectivity index (χ0n) is 14.3. The van der Waals surface area contributed by atoms with Crippen molar-refractivity contribution in [1.82, 2.24) is 9.97 Å². The fourth-order valence-corrected chi connectivity index (χ4v) is 3.48. The highest BCUT2D eigenvalue weighted by Crippen LogP contribution is 2.38. The van der Waals surface area contributed by atoms with Gasteiger partial charge in [0.15, 0.2) is 0 Å². The Morgan fingerprint density at radius 3 is 2.52 bits per heavy atom. The summed E-state index contributed by atoms with van der Waals surface area (Å²) in [6.07, 6.45) is 1.46. The second-order valence-electron chi connectivity index (χ2n) is 6.26. The Labute approximate surface area is 154 Å². The lowest BCUT2D eigenvalue weighted by molar-refractivity contribution is -0.482. The van der Waals surface area contributed by atoms with E-state index in [0.29, 0.717) is 5.56 Å². The Hall–Kier alpha value is -3.54. The number of halogens is 1. The van der Waals surface area contributed by atoms with Gasteiger partial charge in [0.2, 0.25) is 6.54 Å². The SMILES string of the molecule is O=[N+]([O-])CC(c1ncccc1F)c1c(-c2ccccc2)[nH]c2ccccc12. The van der Waals surface area contributed by atoms with Gasteiger partial charge in [0, 0.05) is 27.6 Å². The van der Waals surface area contributed by atoms with Gasteiger partial charge in [0.1, 0.15) is 5.82 Å². The molecule has 0 bridgehead atoms. The molecule has 6 heteroatoms. The van der Waals surface area contributed by atoms with E-state index in [4.69, 9.17) is 0 Å². The molecule has 4 rings (SSSR count). The topological polar surface area (TPSA) is 71.8 Å². The number of aromatic amines is 1. The number of fused-ring (bicyclic) bond motifs is 1. The molecule has 0 radical (unpaired) electrons. The van der Waals surface area contributed by atoms with Crippen LogP contribution in [-0.2, 0) is 0 Å². The molecule has 2 aromatic carbocycles. The van der Waals surface area contributed by atoms with Crippen molar-refractivity contribution in [1.29, 1.82) is 0 Å². The highest BCUT2D eigenvalue weighted by molar-refractivity contribution is 5.91. The zero-order chi connectivity index (χ0) is 18.8. The first-order valence-corrected chi connectivity index (χ1v) is 8.53. The van der Waals surface area contributed by atoms with Crippen molar-refractivity contribution in [3.8, 4) is 11.3 Å². The largest absolute Gasteiger partial charge is 0.354 e. The predicted octanol–water partition coefficient (Wildman–Crippen LogP) is 4.78. The second-order valence-corrected chi connectivity index (χ2v) is 6.26. The summed E-state index contributed by atoms with van der Waals surface area (Å²) in [7, 11) is 0. The van der Waals surface area contributed by atoms with Gasteiger partial charge in [-0.1, -0.05) is 48.5 Å². The van der Waals surface area contributed by atoms with Crippen LogP contribution in [0.2, 0.25) is 0 Å². The number of hydrogen-bond donors (Lipinski definition) is 1. The molecule has 1 N–H and O–H groups in total. The van der Waals surface area contributed by atoms with Gasteiger partial charge in [0.25, 0.3) is 0 Å². The minimum Gasteiger partial charge on any atom is -0.354 e. The van der Waals surface area contributed by atoms with Gasteiger partial charge in [-0.25, -0.2) is 4.39 Å². The van der Waals surface area contributed by atoms with E-state index in [-0.39, 0.29) is 5.69 Å². The van der Waals surface area contributed by atoms with Crippen molar-refractivity contribution >= 4 is 10.9 Å². The Morgan fingerprint density at radius 2 is 1.78 bits per heavy atom. The number of aromatic nitrogens is 2. The van der Waals surface area contributed by atoms with E-state index in [1.165, 1.54) is 18.3 Å². The number of nitro groups is 1. The van der Waals surface area contributed by atoms with Gasteiger partial charge in [0.05, 0.1) is 17.3 Å². The molecule has 4 aromatic rings. The van der Waals surface area contributed by atoms with Crippen LogP contribution in [0.25, 0.3) is 22.2 Å². The number of pyridine rings is 1. The van der Waals surface area contributed by atoms with E-state index >= 15 is 0 Å². The third-order valence-corrected chi connectivity index (χ3v) is 4.61. The minimum atomic E-state index is -0.812. The second kappa shape index (κ2) is 6.99. The van der Waals surface area contributed by atoms with Crippen LogP contribution in [0.4, 0.5) is 4.39 Å². The van der Waals surface area contributed by atoms with Crippen LogP contribution >= 0.6 is 0 Å². The minimum absolute atomic E-state index is 0.0798. The maximum absolute atomic E-state index is 14.5. The Balaban J connectivity index is 2.02. The van der Waals surface area contributed by atoms with Crippen LogP contribution in [0.5, 0.6) is 0 Å². The van der Waals surface area contributed by atoms with Crippen molar-refractivity contribution in [2.24, 2.45) is 0 Å². The van der Waals surface area contributed by atoms with Crippen LogP contribution in [0.1, 0.15) is 17.2 Å². The molecule has 134 valence electrons. The molecule has 5 nitrogen and oxygen atoms in total. The molecule has 1 atom stereocenters. The summed E-state index contributed by atoms with van der Waals surface area (Å²) in [6, 6.07) is 19.9. The molecule has 0 aliphatic rings. The summed E-state index contributed by atoms with van der Waals surface area (Å²) < 4.78 is 14.5. The van der Waals surface area contributed by atoms with Gasteiger partial charge in [-0.3, -0.25) is 15.1 Å². The van der Waals surface area contributed by atoms with E-state index in [1.807, 2.05) is 54.6 Å². The Bertz CT molecular complexity index is 1110. The van der Waals surface area contributed by atoms with Gasteiger partial charge in [-0.15, -0.1) is 0 Å². The molecule has 27 heavy (non-hydrogen) atoms. The summed E-state index contributed by atoms with van der Waals surface area (Å²) in [4.78, 5) is 18.5. The van der Waals surface area contributed by atoms with Gasteiger partial charge in [-0.2, -0.15) is 0 Å². The Morgan fingerprint density at radius 1 is 1.04 bits per heavy atom. The number of rotatable bonds is 5. The van der Waals surface area contributed by atoms with Crippen molar-refractivity contribution in [2.75, 3.05) is 6.54 Å². The van der Waals surface area contributed by atoms with Crippen molar-refractivity contribution in [3.05, 3.63) is 100 Å². The van der Waals surface area contributed by atoms with Gasteiger partial charge < -0.3 is 4.98 Å². The molecule has 2 aromatic heterocycles. The van der Waals surface area contributed by atoms with E-state index in [0.717, 1.165) is 22.2 Å². The molecule has 0 aliphatic heterocycles. The molecule has 0 fully saturated rings. The summed E-state index contributed by atoms with van der Waals surface area (Å²) in [5, 5.41) is 12.2. The smallest absolute Gasteiger partial charge is 0.216 e. The first kappa shape index (κ1) is 16.9. The van der Waals surface area contributed by atoms with Gasteiger partial charge >= 0.3 is 0 Å². The van der Waals surface area contributed by atoms with Crippen LogP contribution < -0.4 is 0 Å². The zero-order valence-corrected chi connectivity index (χ0v) is 14.3. The lowest BCUT2D eigenvalue weighted by Gasteiger charge is -2.15. The molecule has 0 spiro atoms. The van der Waals surface area contributed by atoms with E-state index < -0.39 is 23.2 Å². The first-order chi connectivity index (χ1) is 13.1. The van der Waals surface area contributed by atoms with Crippen LogP contribution in [0.15, 0.2) is 72.9 Å². The van der Waals surface area contributed by atoms with Gasteiger partial charge in [-0.05, 0) is 23.8 Å². The molecular weight excluding hydrogens is 345 g/mol. The average Bonchev–Trinajstić information content (AvgIpc) is 3.07. The summed E-state index contributed by atoms with van der Waals surface area (Å²) in [5.74, 6) is -1.36. The predicted molar refractivity (Wildman–Crippen MR) is 102 cm³/mol. The van der Waals surface area contributed by atoms with E-state index in [2.05, 4.69) is 9.97 Å². The quantitative estimate of drug-likeness (QED) is 0.411. The Kier molecular flexibility index (Phi) is 4.38.